The molecule has 1 amide bonds. The summed E-state index contributed by atoms with van der Waals surface area (Å²) in [6.07, 6.45) is 0.932. The van der Waals surface area contributed by atoms with Crippen molar-refractivity contribution < 1.29 is 29.6 Å². The van der Waals surface area contributed by atoms with E-state index in [1.54, 1.807) is 0 Å². The predicted octanol–water partition coefficient (Wildman–Crippen LogP) is -1.94. The molecule has 0 spiro atoms. The molecule has 0 heterocycles. The fourth-order valence-electron chi connectivity index (χ4n) is 0.923. The Bertz CT molecular complexity index is 317. The van der Waals surface area contributed by atoms with Crippen LogP contribution in [-0.2, 0) is 14.3 Å². The van der Waals surface area contributed by atoms with E-state index in [2.05, 4.69) is 16.6 Å². The van der Waals surface area contributed by atoms with Crippen molar-refractivity contribution in [2.24, 2.45) is 0 Å². The molecule has 0 saturated heterocycles. The lowest BCUT2D eigenvalue weighted by Gasteiger charge is -2.10. The van der Waals surface area contributed by atoms with E-state index < -0.39 is 38.4 Å². The maximum Gasteiger partial charge on any atom is 0.331 e. The molecule has 0 radical (unpaired) electrons. The number of aliphatic hydroxyl groups is 3. The molecule has 96 valence electrons. The third kappa shape index (κ3) is 5.25. The molecule has 0 aliphatic heterocycles. The molecule has 0 rings (SSSR count). The van der Waals surface area contributed by atoms with E-state index in [-0.39, 0.29) is 11.1 Å². The van der Waals surface area contributed by atoms with Crippen LogP contribution in [0.1, 0.15) is 0 Å². The van der Waals surface area contributed by atoms with E-state index >= 15 is 0 Å². The highest BCUT2D eigenvalue weighted by atomic mass is 16.5. The number of hydrogen-bond donors (Lipinski definition) is 4. The fraction of sp³-hybridized carbons (Fsp3) is 0.400. The largest absolute Gasteiger partial charge is 0.441 e. The van der Waals surface area contributed by atoms with Gasteiger partial charge in [-0.2, -0.15) is 0 Å². The van der Waals surface area contributed by atoms with Crippen LogP contribution in [0.25, 0.3) is 0 Å². The van der Waals surface area contributed by atoms with Crippen molar-refractivity contribution >= 4 is 11.9 Å². The molecule has 0 aromatic carbocycles. The van der Waals surface area contributed by atoms with Crippen molar-refractivity contribution in [1.82, 2.24) is 5.32 Å². The number of rotatable bonds is 7. The number of carbonyl (C=O) groups excluding carboxylic acids is 2. The molecule has 0 bridgehead atoms. The first-order valence-electron chi connectivity index (χ1n) is 4.71. The highest BCUT2D eigenvalue weighted by molar-refractivity contribution is 5.94. The van der Waals surface area contributed by atoms with E-state index in [4.69, 9.17) is 15.3 Å². The summed E-state index contributed by atoms with van der Waals surface area (Å²) in [4.78, 5) is 22.1. The maximum atomic E-state index is 11.4. The molecule has 0 unspecified atom stereocenters. The van der Waals surface area contributed by atoms with Gasteiger partial charge >= 0.3 is 5.97 Å². The minimum atomic E-state index is -0.734. The second-order valence-corrected chi connectivity index (χ2v) is 2.87. The van der Waals surface area contributed by atoms with Gasteiger partial charge in [0.05, 0.1) is 19.8 Å². The summed E-state index contributed by atoms with van der Waals surface area (Å²) in [5.41, 5.74) is -0.162. The molecule has 0 aliphatic carbocycles. The zero-order chi connectivity index (χ0) is 13.3. The van der Waals surface area contributed by atoms with Crippen LogP contribution in [0.4, 0.5) is 0 Å². The van der Waals surface area contributed by atoms with Crippen LogP contribution in [0.3, 0.4) is 0 Å². The Kier molecular flexibility index (Phi) is 7.61. The monoisotopic (exact) mass is 245 g/mol. The van der Waals surface area contributed by atoms with E-state index in [9.17, 15) is 9.59 Å². The topological polar surface area (TPSA) is 116 Å². The number of esters is 1. The third-order valence-electron chi connectivity index (χ3n) is 1.85. The predicted molar refractivity (Wildman–Crippen MR) is 57.6 cm³/mol. The smallest absolute Gasteiger partial charge is 0.331 e. The maximum absolute atomic E-state index is 11.4. The summed E-state index contributed by atoms with van der Waals surface area (Å²) in [5.74, 6) is -1.44. The first kappa shape index (κ1) is 15.3. The molecule has 7 heteroatoms. The van der Waals surface area contributed by atoms with Crippen LogP contribution < -0.4 is 5.32 Å². The normalized spacial score (nSPS) is 9.35. The zero-order valence-corrected chi connectivity index (χ0v) is 9.18. The molecular weight excluding hydrogens is 230 g/mol. The standard InChI is InChI=1S/C10H15NO6/c1-2-9(15)17-6-11-10(16)8(5-14)7(3-12)4-13/h2,12-14H,1,3-6H2,(H,11,16). The number of aliphatic hydroxyl groups excluding tert-OH is 3. The summed E-state index contributed by atoms with van der Waals surface area (Å²) in [7, 11) is 0. The lowest BCUT2D eigenvalue weighted by atomic mass is 10.1. The number of amides is 1. The van der Waals surface area contributed by atoms with Crippen molar-refractivity contribution in [3.05, 3.63) is 23.8 Å². The average Bonchev–Trinajstić information content (AvgIpc) is 2.35. The third-order valence-corrected chi connectivity index (χ3v) is 1.85. The Morgan fingerprint density at radius 2 is 1.76 bits per heavy atom. The summed E-state index contributed by atoms with van der Waals surface area (Å²) in [5, 5.41) is 28.7. The summed E-state index contributed by atoms with van der Waals surface area (Å²) < 4.78 is 4.49. The number of hydrogen-bond acceptors (Lipinski definition) is 6. The molecule has 4 N–H and O–H groups in total. The quantitative estimate of drug-likeness (QED) is 0.236. The highest BCUT2D eigenvalue weighted by Gasteiger charge is 2.13. The molecule has 0 aliphatic rings. The van der Waals surface area contributed by atoms with Crippen LogP contribution in [0, 0.1) is 0 Å². The van der Waals surface area contributed by atoms with Gasteiger partial charge in [0.15, 0.2) is 6.73 Å². The van der Waals surface area contributed by atoms with E-state index in [0.29, 0.717) is 0 Å². The fourth-order valence-corrected chi connectivity index (χ4v) is 0.923. The van der Waals surface area contributed by atoms with Gasteiger partial charge in [-0.3, -0.25) is 4.79 Å². The Morgan fingerprint density at radius 1 is 1.18 bits per heavy atom. The lowest BCUT2D eigenvalue weighted by molar-refractivity contribution is -0.139. The van der Waals surface area contributed by atoms with Gasteiger partial charge in [-0.05, 0) is 5.57 Å². The van der Waals surface area contributed by atoms with Crippen molar-refractivity contribution in [3.8, 4) is 0 Å². The van der Waals surface area contributed by atoms with E-state index in [1.165, 1.54) is 0 Å². The SMILES string of the molecule is C=CC(=O)OCNC(=O)C(CO)=C(CO)CO. The number of nitrogens with one attached hydrogen (secondary N) is 1. The number of ether oxygens (including phenoxy) is 1. The Labute approximate surface area is 98.0 Å². The highest BCUT2D eigenvalue weighted by Crippen LogP contribution is 2.03. The molecule has 0 aromatic rings. The minimum absolute atomic E-state index is 0.0000437. The Morgan fingerprint density at radius 3 is 2.18 bits per heavy atom. The van der Waals surface area contributed by atoms with Gasteiger partial charge in [-0.1, -0.05) is 6.58 Å². The van der Waals surface area contributed by atoms with Crippen LogP contribution in [0.2, 0.25) is 0 Å². The average molecular weight is 245 g/mol. The molecule has 0 saturated carbocycles. The van der Waals surface area contributed by atoms with Gasteiger partial charge in [-0.15, -0.1) is 0 Å². The van der Waals surface area contributed by atoms with E-state index in [1.807, 2.05) is 0 Å². The molecule has 0 atom stereocenters. The molecule has 7 nitrogen and oxygen atoms in total. The van der Waals surface area contributed by atoms with Gasteiger partial charge in [0.25, 0.3) is 5.91 Å². The van der Waals surface area contributed by atoms with Crippen LogP contribution >= 0.6 is 0 Å². The molecular formula is C10H15NO6. The second-order valence-electron chi connectivity index (χ2n) is 2.87. The first-order chi connectivity index (χ1) is 8.10. The summed E-state index contributed by atoms with van der Waals surface area (Å²) in [6.45, 7) is 1.03. The lowest BCUT2D eigenvalue weighted by Crippen LogP contribution is -2.31. The van der Waals surface area contributed by atoms with Gasteiger partial charge in [0.2, 0.25) is 0 Å². The first-order valence-corrected chi connectivity index (χ1v) is 4.71. The van der Waals surface area contributed by atoms with Crippen LogP contribution in [0.5, 0.6) is 0 Å². The van der Waals surface area contributed by atoms with Crippen molar-refractivity contribution in [2.75, 3.05) is 26.6 Å². The molecule has 0 aromatic heterocycles. The summed E-state index contributed by atoms with van der Waals surface area (Å²) >= 11 is 0. The zero-order valence-electron chi connectivity index (χ0n) is 9.18. The van der Waals surface area contributed by atoms with Crippen molar-refractivity contribution in [3.63, 3.8) is 0 Å². The second kappa shape index (κ2) is 8.45. The van der Waals surface area contributed by atoms with Gasteiger partial charge in [-0.25, -0.2) is 4.79 Å². The van der Waals surface area contributed by atoms with Crippen molar-refractivity contribution in [1.29, 1.82) is 0 Å². The summed E-state index contributed by atoms with van der Waals surface area (Å²) in [6, 6.07) is 0. The Balaban J connectivity index is 4.41. The Hall–Kier alpha value is -1.70. The molecule has 0 fully saturated rings. The minimum Gasteiger partial charge on any atom is -0.441 e. The van der Waals surface area contributed by atoms with Crippen molar-refractivity contribution in [2.45, 2.75) is 0 Å². The van der Waals surface area contributed by atoms with Crippen LogP contribution in [0.15, 0.2) is 23.8 Å². The van der Waals surface area contributed by atoms with Gasteiger partial charge in [0, 0.05) is 11.6 Å². The van der Waals surface area contributed by atoms with Gasteiger partial charge in [0.1, 0.15) is 0 Å². The van der Waals surface area contributed by atoms with Gasteiger partial charge < -0.3 is 25.4 Å². The van der Waals surface area contributed by atoms with Crippen LogP contribution in [-0.4, -0.2) is 53.7 Å². The molecule has 17 heavy (non-hydrogen) atoms. The van der Waals surface area contributed by atoms with E-state index in [0.717, 1.165) is 6.08 Å². The number of carbonyl (C=O) groups is 2.